The van der Waals surface area contributed by atoms with Crippen molar-refractivity contribution in [3.05, 3.63) is 53.6 Å². The van der Waals surface area contributed by atoms with E-state index in [1.165, 1.54) is 0 Å². The zero-order valence-corrected chi connectivity index (χ0v) is 11.2. The van der Waals surface area contributed by atoms with E-state index in [2.05, 4.69) is 0 Å². The van der Waals surface area contributed by atoms with Gasteiger partial charge in [-0.15, -0.1) is 0 Å². The summed E-state index contributed by atoms with van der Waals surface area (Å²) in [6.07, 6.45) is 0.743. The van der Waals surface area contributed by atoms with Crippen molar-refractivity contribution < 1.29 is 15.0 Å². The van der Waals surface area contributed by atoms with E-state index < -0.39 is 5.97 Å². The van der Waals surface area contributed by atoms with Crippen molar-refractivity contribution in [2.24, 2.45) is 5.92 Å². The van der Waals surface area contributed by atoms with Gasteiger partial charge in [0, 0.05) is 0 Å². The Bertz CT molecular complexity index is 658. The minimum Gasteiger partial charge on any atom is -0.508 e. The van der Waals surface area contributed by atoms with Crippen molar-refractivity contribution in [1.29, 1.82) is 0 Å². The maximum atomic E-state index is 10.9. The molecule has 3 nitrogen and oxygen atoms in total. The number of aryl methyl sites for hydroxylation is 1. The van der Waals surface area contributed by atoms with Crippen LogP contribution in [0.15, 0.2) is 42.5 Å². The van der Waals surface area contributed by atoms with Crippen LogP contribution in [-0.4, -0.2) is 16.2 Å². The van der Waals surface area contributed by atoms with Gasteiger partial charge in [-0.1, -0.05) is 30.3 Å². The molecule has 0 amide bonds. The number of carboxylic acids is 1. The second-order valence-corrected chi connectivity index (χ2v) is 5.41. The third-order valence-electron chi connectivity index (χ3n) is 3.98. The molecule has 0 radical (unpaired) electrons. The molecule has 1 aliphatic rings. The third kappa shape index (κ3) is 2.27. The number of aromatic hydroxyl groups is 1. The molecule has 0 saturated heterocycles. The van der Waals surface area contributed by atoms with Gasteiger partial charge in [0.05, 0.1) is 5.92 Å². The number of hydrogen-bond acceptors (Lipinski definition) is 2. The fourth-order valence-electron chi connectivity index (χ4n) is 2.59. The Hall–Kier alpha value is -2.29. The van der Waals surface area contributed by atoms with Crippen LogP contribution in [0, 0.1) is 12.8 Å². The van der Waals surface area contributed by atoms with Crippen molar-refractivity contribution in [2.45, 2.75) is 19.3 Å². The lowest BCUT2D eigenvalue weighted by molar-refractivity contribution is -0.138. The van der Waals surface area contributed by atoms with Crippen LogP contribution in [0.4, 0.5) is 0 Å². The fraction of sp³-hybridized carbons (Fsp3) is 0.235. The molecule has 0 spiro atoms. The first kappa shape index (κ1) is 12.7. The van der Waals surface area contributed by atoms with Crippen molar-refractivity contribution in [3.8, 4) is 16.9 Å². The second kappa shape index (κ2) is 4.67. The number of phenols is 1. The number of hydrogen-bond donors (Lipinski definition) is 2. The lowest BCUT2D eigenvalue weighted by atomic mass is 10.00. The molecule has 20 heavy (non-hydrogen) atoms. The largest absolute Gasteiger partial charge is 0.508 e. The van der Waals surface area contributed by atoms with Gasteiger partial charge in [-0.2, -0.15) is 0 Å². The fourth-order valence-corrected chi connectivity index (χ4v) is 2.59. The van der Waals surface area contributed by atoms with Gasteiger partial charge >= 0.3 is 5.97 Å². The molecular formula is C17H16O3. The van der Waals surface area contributed by atoms with E-state index >= 15 is 0 Å². The lowest BCUT2D eigenvalue weighted by Crippen LogP contribution is -1.98. The van der Waals surface area contributed by atoms with Gasteiger partial charge < -0.3 is 10.2 Å². The standard InChI is InChI=1S/C17H16O3/c1-10-8-13(6-7-16(10)18)11-2-4-12(5-3-11)14-9-15(14)17(19)20/h2-8,14-15,18H,9H2,1H3,(H,19,20). The molecule has 2 atom stereocenters. The normalized spacial score (nSPS) is 20.6. The Morgan fingerprint density at radius 1 is 1.10 bits per heavy atom. The predicted molar refractivity (Wildman–Crippen MR) is 76.8 cm³/mol. The van der Waals surface area contributed by atoms with Crippen LogP contribution in [0.3, 0.4) is 0 Å². The Morgan fingerprint density at radius 3 is 2.30 bits per heavy atom. The molecule has 2 aromatic rings. The number of aliphatic carboxylic acids is 1. The van der Waals surface area contributed by atoms with E-state index in [9.17, 15) is 9.90 Å². The topological polar surface area (TPSA) is 57.5 Å². The molecule has 2 aromatic carbocycles. The monoisotopic (exact) mass is 268 g/mol. The highest BCUT2D eigenvalue weighted by Gasteiger charge is 2.43. The number of rotatable bonds is 3. The first-order valence-corrected chi connectivity index (χ1v) is 6.69. The van der Waals surface area contributed by atoms with E-state index in [4.69, 9.17) is 5.11 Å². The van der Waals surface area contributed by atoms with Crippen molar-refractivity contribution in [3.63, 3.8) is 0 Å². The Labute approximate surface area is 117 Å². The number of carbonyl (C=O) groups is 1. The maximum Gasteiger partial charge on any atom is 0.307 e. The third-order valence-corrected chi connectivity index (χ3v) is 3.98. The van der Waals surface area contributed by atoms with Crippen molar-refractivity contribution in [1.82, 2.24) is 0 Å². The van der Waals surface area contributed by atoms with E-state index in [0.29, 0.717) is 5.75 Å². The number of phenolic OH excluding ortho intramolecular Hbond substituents is 1. The van der Waals surface area contributed by atoms with Crippen LogP contribution in [0.5, 0.6) is 5.75 Å². The average Bonchev–Trinajstić information content (AvgIpc) is 3.23. The van der Waals surface area contributed by atoms with Gasteiger partial charge in [-0.05, 0) is 53.6 Å². The van der Waals surface area contributed by atoms with Crippen LogP contribution in [0.1, 0.15) is 23.5 Å². The zero-order valence-electron chi connectivity index (χ0n) is 11.2. The van der Waals surface area contributed by atoms with Crippen LogP contribution in [-0.2, 0) is 4.79 Å². The summed E-state index contributed by atoms with van der Waals surface area (Å²) in [5, 5.41) is 18.5. The molecule has 1 saturated carbocycles. The Kier molecular flexibility index (Phi) is 2.97. The average molecular weight is 268 g/mol. The van der Waals surface area contributed by atoms with Crippen molar-refractivity contribution >= 4 is 5.97 Å². The quantitative estimate of drug-likeness (QED) is 0.895. The minimum atomic E-state index is -0.701. The van der Waals surface area contributed by atoms with E-state index in [-0.39, 0.29) is 11.8 Å². The molecule has 1 fully saturated rings. The molecule has 3 heteroatoms. The van der Waals surface area contributed by atoms with Crippen LogP contribution in [0.25, 0.3) is 11.1 Å². The summed E-state index contributed by atoms with van der Waals surface area (Å²) in [4.78, 5) is 10.9. The molecular weight excluding hydrogens is 252 g/mol. The molecule has 0 bridgehead atoms. The smallest absolute Gasteiger partial charge is 0.307 e. The molecule has 0 heterocycles. The lowest BCUT2D eigenvalue weighted by Gasteiger charge is -2.06. The SMILES string of the molecule is Cc1cc(-c2ccc(C3CC3C(=O)O)cc2)ccc1O. The van der Waals surface area contributed by atoms with E-state index in [1.807, 2.05) is 43.3 Å². The molecule has 0 aliphatic heterocycles. The molecule has 2 N–H and O–H groups in total. The van der Waals surface area contributed by atoms with Gasteiger partial charge in [0.1, 0.15) is 5.75 Å². The minimum absolute atomic E-state index is 0.170. The zero-order chi connectivity index (χ0) is 14.3. The van der Waals surface area contributed by atoms with Gasteiger partial charge in [0.25, 0.3) is 0 Å². The number of carboxylic acid groups (broad SMARTS) is 1. The van der Waals surface area contributed by atoms with Crippen LogP contribution in [0.2, 0.25) is 0 Å². The first-order chi connectivity index (χ1) is 9.56. The molecule has 1 aliphatic carbocycles. The molecule has 0 aromatic heterocycles. The summed E-state index contributed by atoms with van der Waals surface area (Å²) in [5.41, 5.74) is 4.07. The summed E-state index contributed by atoms with van der Waals surface area (Å²) < 4.78 is 0. The van der Waals surface area contributed by atoms with E-state index in [1.54, 1.807) is 6.07 Å². The highest BCUT2D eigenvalue weighted by atomic mass is 16.4. The highest BCUT2D eigenvalue weighted by Crippen LogP contribution is 2.47. The Morgan fingerprint density at radius 2 is 1.75 bits per heavy atom. The summed E-state index contributed by atoms with van der Waals surface area (Å²) >= 11 is 0. The Balaban J connectivity index is 1.83. The first-order valence-electron chi connectivity index (χ1n) is 6.69. The number of benzene rings is 2. The van der Waals surface area contributed by atoms with Gasteiger partial charge in [0.2, 0.25) is 0 Å². The van der Waals surface area contributed by atoms with Crippen molar-refractivity contribution in [2.75, 3.05) is 0 Å². The van der Waals surface area contributed by atoms with Gasteiger partial charge in [-0.3, -0.25) is 4.79 Å². The van der Waals surface area contributed by atoms with Crippen LogP contribution < -0.4 is 0 Å². The summed E-state index contributed by atoms with van der Waals surface area (Å²) in [5.74, 6) is -0.444. The van der Waals surface area contributed by atoms with Gasteiger partial charge in [0.15, 0.2) is 0 Å². The van der Waals surface area contributed by atoms with Crippen LogP contribution >= 0.6 is 0 Å². The molecule has 102 valence electrons. The maximum absolute atomic E-state index is 10.9. The summed E-state index contributed by atoms with van der Waals surface area (Å²) in [6.45, 7) is 1.87. The van der Waals surface area contributed by atoms with E-state index in [0.717, 1.165) is 28.7 Å². The molecule has 3 rings (SSSR count). The highest BCUT2D eigenvalue weighted by molar-refractivity contribution is 5.75. The summed E-state index contributed by atoms with van der Waals surface area (Å²) in [7, 11) is 0. The molecule has 2 unspecified atom stereocenters. The second-order valence-electron chi connectivity index (χ2n) is 5.41. The predicted octanol–water partition coefficient (Wildman–Crippen LogP) is 3.56. The summed E-state index contributed by atoms with van der Waals surface area (Å²) in [6, 6.07) is 13.6. The van der Waals surface area contributed by atoms with Gasteiger partial charge in [-0.25, -0.2) is 0 Å².